The van der Waals surface area contributed by atoms with E-state index in [-0.39, 0.29) is 0 Å². The first-order valence-corrected chi connectivity index (χ1v) is 8.34. The zero-order valence-corrected chi connectivity index (χ0v) is 12.3. The molecule has 1 unspecified atom stereocenters. The van der Waals surface area contributed by atoms with Crippen molar-refractivity contribution in [3.8, 4) is 0 Å². The molecule has 0 aromatic carbocycles. The van der Waals surface area contributed by atoms with Crippen molar-refractivity contribution in [3.05, 3.63) is 0 Å². The third-order valence-corrected chi connectivity index (χ3v) is 4.70. The maximum atomic E-state index is 2.50. The molecule has 1 saturated carbocycles. The monoisotopic (exact) mass is 238 g/mol. The van der Waals surface area contributed by atoms with E-state index in [1.165, 1.54) is 83.5 Å². The Morgan fingerprint density at radius 2 is 1.18 bits per heavy atom. The molecule has 17 heavy (non-hydrogen) atoms. The van der Waals surface area contributed by atoms with E-state index < -0.39 is 0 Å². The van der Waals surface area contributed by atoms with E-state index in [9.17, 15) is 0 Å². The Bertz CT molecular complexity index is 149. The summed E-state index contributed by atoms with van der Waals surface area (Å²) in [4.78, 5) is 0. The molecule has 0 N–H and O–H groups in total. The van der Waals surface area contributed by atoms with E-state index in [1.807, 2.05) is 0 Å². The van der Waals surface area contributed by atoms with Crippen molar-refractivity contribution in [1.29, 1.82) is 0 Å². The zero-order chi connectivity index (χ0) is 12.3. The maximum Gasteiger partial charge on any atom is -0.0388 e. The molecule has 0 nitrogen and oxygen atoms in total. The smallest absolute Gasteiger partial charge is 0.0388 e. The zero-order valence-electron chi connectivity index (χ0n) is 12.3. The summed E-state index contributed by atoms with van der Waals surface area (Å²) >= 11 is 0. The van der Waals surface area contributed by atoms with Crippen LogP contribution in [0, 0.1) is 11.8 Å². The van der Waals surface area contributed by atoms with Crippen LogP contribution in [0.4, 0.5) is 0 Å². The average molecular weight is 238 g/mol. The van der Waals surface area contributed by atoms with Gasteiger partial charge in [0.1, 0.15) is 0 Å². The van der Waals surface area contributed by atoms with Crippen LogP contribution in [0.3, 0.4) is 0 Å². The van der Waals surface area contributed by atoms with Crippen molar-refractivity contribution in [3.63, 3.8) is 0 Å². The molecule has 0 aliphatic heterocycles. The van der Waals surface area contributed by atoms with Crippen LogP contribution in [0.1, 0.15) is 97.3 Å². The number of hydrogen-bond donors (Lipinski definition) is 0. The van der Waals surface area contributed by atoms with E-state index in [2.05, 4.69) is 13.8 Å². The first-order chi connectivity index (χ1) is 8.34. The molecule has 1 aliphatic carbocycles. The fraction of sp³-hybridized carbons (Fsp3) is 1.00. The van der Waals surface area contributed by atoms with Gasteiger partial charge in [0.25, 0.3) is 0 Å². The first kappa shape index (κ1) is 15.1. The molecule has 0 radical (unpaired) electrons. The van der Waals surface area contributed by atoms with Crippen LogP contribution in [-0.4, -0.2) is 0 Å². The molecule has 0 aromatic rings. The Morgan fingerprint density at radius 1 is 0.765 bits per heavy atom. The highest BCUT2D eigenvalue weighted by Crippen LogP contribution is 2.29. The SMILES string of the molecule is CCCC(C)C1CCCCCCCCCCC1. The van der Waals surface area contributed by atoms with Gasteiger partial charge in [-0.1, -0.05) is 97.3 Å². The van der Waals surface area contributed by atoms with Crippen molar-refractivity contribution in [2.45, 2.75) is 97.3 Å². The second-order valence-electron chi connectivity index (χ2n) is 6.29. The normalized spacial score (nSPS) is 23.6. The molecule has 1 rings (SSSR count). The van der Waals surface area contributed by atoms with Crippen molar-refractivity contribution >= 4 is 0 Å². The molecule has 0 amide bonds. The third-order valence-electron chi connectivity index (χ3n) is 4.70. The minimum absolute atomic E-state index is 0.975. The van der Waals surface area contributed by atoms with Crippen LogP contribution >= 0.6 is 0 Å². The van der Waals surface area contributed by atoms with E-state index in [4.69, 9.17) is 0 Å². The largest absolute Gasteiger partial charge is 0.0654 e. The predicted molar refractivity (Wildman–Crippen MR) is 78.3 cm³/mol. The fourth-order valence-corrected chi connectivity index (χ4v) is 3.45. The Kier molecular flexibility index (Phi) is 8.83. The first-order valence-electron chi connectivity index (χ1n) is 8.34. The van der Waals surface area contributed by atoms with Gasteiger partial charge < -0.3 is 0 Å². The predicted octanol–water partition coefficient (Wildman–Crippen LogP) is 6.34. The van der Waals surface area contributed by atoms with Crippen molar-refractivity contribution in [1.82, 2.24) is 0 Å². The highest BCUT2D eigenvalue weighted by atomic mass is 14.2. The van der Waals surface area contributed by atoms with Crippen LogP contribution in [0.25, 0.3) is 0 Å². The lowest BCUT2D eigenvalue weighted by molar-refractivity contribution is 0.277. The molecule has 1 fully saturated rings. The third kappa shape index (κ3) is 7.11. The molecule has 0 heterocycles. The quantitative estimate of drug-likeness (QED) is 0.538. The average Bonchev–Trinajstić information content (AvgIpc) is 2.30. The minimum Gasteiger partial charge on any atom is -0.0654 e. The molecule has 1 aliphatic rings. The topological polar surface area (TPSA) is 0 Å². The lowest BCUT2D eigenvalue weighted by Crippen LogP contribution is -2.12. The summed E-state index contributed by atoms with van der Waals surface area (Å²) in [6.07, 6.45) is 19.3. The molecule has 102 valence electrons. The van der Waals surface area contributed by atoms with Crippen LogP contribution in [0.5, 0.6) is 0 Å². The minimum atomic E-state index is 0.975. The van der Waals surface area contributed by atoms with Gasteiger partial charge in [-0.3, -0.25) is 0 Å². The highest BCUT2D eigenvalue weighted by molar-refractivity contribution is 4.68. The van der Waals surface area contributed by atoms with Gasteiger partial charge in [-0.05, 0) is 11.8 Å². The van der Waals surface area contributed by atoms with Crippen molar-refractivity contribution < 1.29 is 0 Å². The standard InChI is InChI=1S/C17H34/c1-3-13-16(2)17-14-11-9-7-5-4-6-8-10-12-15-17/h16-17H,3-15H2,1-2H3. The molecular weight excluding hydrogens is 204 g/mol. The van der Waals surface area contributed by atoms with Gasteiger partial charge in [0.15, 0.2) is 0 Å². The van der Waals surface area contributed by atoms with Gasteiger partial charge in [0, 0.05) is 0 Å². The second kappa shape index (κ2) is 9.97. The van der Waals surface area contributed by atoms with Crippen LogP contribution < -0.4 is 0 Å². The summed E-state index contributed by atoms with van der Waals surface area (Å²) in [7, 11) is 0. The number of rotatable bonds is 3. The Balaban J connectivity index is 2.31. The fourth-order valence-electron chi connectivity index (χ4n) is 3.45. The van der Waals surface area contributed by atoms with E-state index >= 15 is 0 Å². The highest BCUT2D eigenvalue weighted by Gasteiger charge is 2.16. The van der Waals surface area contributed by atoms with E-state index in [0.717, 1.165) is 11.8 Å². The summed E-state index contributed by atoms with van der Waals surface area (Å²) in [5.41, 5.74) is 0. The van der Waals surface area contributed by atoms with Crippen LogP contribution in [0.2, 0.25) is 0 Å². The molecular formula is C17H34. The molecule has 0 saturated heterocycles. The summed E-state index contributed by atoms with van der Waals surface area (Å²) in [6, 6.07) is 0. The lowest BCUT2D eigenvalue weighted by atomic mass is 9.82. The van der Waals surface area contributed by atoms with Crippen LogP contribution in [0.15, 0.2) is 0 Å². The van der Waals surface area contributed by atoms with Crippen molar-refractivity contribution in [2.24, 2.45) is 11.8 Å². The van der Waals surface area contributed by atoms with Gasteiger partial charge in [0.05, 0.1) is 0 Å². The molecule has 1 atom stereocenters. The van der Waals surface area contributed by atoms with Gasteiger partial charge in [-0.15, -0.1) is 0 Å². The Morgan fingerprint density at radius 3 is 1.59 bits per heavy atom. The van der Waals surface area contributed by atoms with Crippen molar-refractivity contribution in [2.75, 3.05) is 0 Å². The summed E-state index contributed by atoms with van der Waals surface area (Å²) < 4.78 is 0. The summed E-state index contributed by atoms with van der Waals surface area (Å²) in [5.74, 6) is 2.01. The van der Waals surface area contributed by atoms with Gasteiger partial charge in [0.2, 0.25) is 0 Å². The summed E-state index contributed by atoms with van der Waals surface area (Å²) in [5, 5.41) is 0. The lowest BCUT2D eigenvalue weighted by Gasteiger charge is -2.24. The number of hydrogen-bond acceptors (Lipinski definition) is 0. The molecule has 0 bridgehead atoms. The Labute approximate surface area is 110 Å². The molecule has 0 aromatic heterocycles. The maximum absolute atomic E-state index is 2.50. The van der Waals surface area contributed by atoms with Gasteiger partial charge >= 0.3 is 0 Å². The second-order valence-corrected chi connectivity index (χ2v) is 6.29. The summed E-state index contributed by atoms with van der Waals surface area (Å²) in [6.45, 7) is 4.84. The molecule has 0 spiro atoms. The van der Waals surface area contributed by atoms with E-state index in [0.29, 0.717) is 0 Å². The van der Waals surface area contributed by atoms with E-state index in [1.54, 1.807) is 0 Å². The van der Waals surface area contributed by atoms with Crippen LogP contribution in [-0.2, 0) is 0 Å². The molecule has 0 heteroatoms. The Hall–Kier alpha value is 0. The van der Waals surface area contributed by atoms with Gasteiger partial charge in [-0.2, -0.15) is 0 Å². The van der Waals surface area contributed by atoms with Gasteiger partial charge in [-0.25, -0.2) is 0 Å².